The standard InChI is InChI=1S/C20H33N5O2/c1-2-14-6-8-15(9-7-14)19(26)24-18(5-3-4-10-21)20(27)25-12-16(22)11-17(23)13-25/h6-9,16-18H,2-5,10-13,21-23H2,1H3,(H,24,26). The zero-order valence-corrected chi connectivity index (χ0v) is 16.2. The van der Waals surface area contributed by atoms with Crippen LogP contribution >= 0.6 is 0 Å². The molecule has 1 aliphatic heterocycles. The number of benzene rings is 1. The van der Waals surface area contributed by atoms with Crippen LogP contribution in [0.5, 0.6) is 0 Å². The fourth-order valence-electron chi connectivity index (χ4n) is 3.46. The van der Waals surface area contributed by atoms with Crippen molar-refractivity contribution in [3.8, 4) is 0 Å². The third-order valence-electron chi connectivity index (χ3n) is 5.00. The molecule has 1 heterocycles. The van der Waals surface area contributed by atoms with E-state index in [-0.39, 0.29) is 23.9 Å². The molecule has 0 radical (unpaired) electrons. The van der Waals surface area contributed by atoms with E-state index in [1.165, 1.54) is 5.56 Å². The Morgan fingerprint density at radius 2 is 1.78 bits per heavy atom. The van der Waals surface area contributed by atoms with Gasteiger partial charge in [-0.15, -0.1) is 0 Å². The quantitative estimate of drug-likeness (QED) is 0.488. The second-order valence-electron chi connectivity index (χ2n) is 7.36. The number of amides is 2. The SMILES string of the molecule is CCc1ccc(C(=O)NC(CCCCN)C(=O)N2CC(N)CC(N)C2)cc1. The van der Waals surface area contributed by atoms with Crippen molar-refractivity contribution in [2.24, 2.45) is 17.2 Å². The van der Waals surface area contributed by atoms with E-state index >= 15 is 0 Å². The zero-order valence-electron chi connectivity index (χ0n) is 16.2. The average molecular weight is 376 g/mol. The number of rotatable bonds is 8. The molecule has 0 spiro atoms. The van der Waals surface area contributed by atoms with Gasteiger partial charge in [-0.1, -0.05) is 19.1 Å². The Kier molecular flexibility index (Phi) is 8.22. The molecule has 0 aliphatic carbocycles. The molecule has 3 unspecified atom stereocenters. The number of nitrogens with two attached hydrogens (primary N) is 3. The second-order valence-corrected chi connectivity index (χ2v) is 7.36. The van der Waals surface area contributed by atoms with Crippen LogP contribution in [0.3, 0.4) is 0 Å². The Balaban J connectivity index is 2.07. The van der Waals surface area contributed by atoms with Crippen LogP contribution in [0.25, 0.3) is 0 Å². The molecular formula is C20H33N5O2. The first-order valence-electron chi connectivity index (χ1n) is 9.84. The van der Waals surface area contributed by atoms with Gasteiger partial charge in [-0.05, 0) is 56.3 Å². The van der Waals surface area contributed by atoms with Crippen LogP contribution in [-0.4, -0.2) is 54.5 Å². The summed E-state index contributed by atoms with van der Waals surface area (Å²) in [5.74, 6) is -0.356. The van der Waals surface area contributed by atoms with Crippen molar-refractivity contribution in [2.75, 3.05) is 19.6 Å². The van der Waals surface area contributed by atoms with E-state index in [0.29, 0.717) is 38.0 Å². The minimum Gasteiger partial charge on any atom is -0.340 e. The van der Waals surface area contributed by atoms with Crippen molar-refractivity contribution < 1.29 is 9.59 Å². The number of nitrogens with one attached hydrogen (secondary N) is 1. The Labute approximate surface area is 161 Å². The summed E-state index contributed by atoms with van der Waals surface area (Å²) in [7, 11) is 0. The zero-order chi connectivity index (χ0) is 19.8. The van der Waals surface area contributed by atoms with Gasteiger partial charge in [0.25, 0.3) is 5.91 Å². The maximum absolute atomic E-state index is 13.0. The molecule has 7 heteroatoms. The number of piperidine rings is 1. The number of carbonyl (C=O) groups is 2. The van der Waals surface area contributed by atoms with Gasteiger partial charge in [0, 0.05) is 30.7 Å². The minimum atomic E-state index is -0.590. The molecule has 0 saturated carbocycles. The summed E-state index contributed by atoms with van der Waals surface area (Å²) in [6.45, 7) is 3.57. The van der Waals surface area contributed by atoms with E-state index in [9.17, 15) is 9.59 Å². The Hall–Kier alpha value is -1.96. The summed E-state index contributed by atoms with van der Waals surface area (Å²) in [5.41, 5.74) is 19.3. The van der Waals surface area contributed by atoms with Crippen molar-refractivity contribution in [2.45, 2.75) is 57.2 Å². The third-order valence-corrected chi connectivity index (χ3v) is 5.00. The van der Waals surface area contributed by atoms with E-state index in [1.807, 2.05) is 12.1 Å². The molecule has 1 saturated heterocycles. The molecule has 1 aromatic rings. The Morgan fingerprint density at radius 3 is 2.33 bits per heavy atom. The summed E-state index contributed by atoms with van der Waals surface area (Å²) in [4.78, 5) is 27.4. The molecule has 2 rings (SSSR count). The number of likely N-dealkylation sites (tertiary alicyclic amines) is 1. The molecule has 1 fully saturated rings. The van der Waals surface area contributed by atoms with Gasteiger partial charge in [0.05, 0.1) is 0 Å². The van der Waals surface area contributed by atoms with Crippen molar-refractivity contribution >= 4 is 11.8 Å². The molecule has 1 aromatic carbocycles. The largest absolute Gasteiger partial charge is 0.340 e. The lowest BCUT2D eigenvalue weighted by Crippen LogP contribution is -2.58. The van der Waals surface area contributed by atoms with E-state index in [4.69, 9.17) is 17.2 Å². The monoisotopic (exact) mass is 375 g/mol. The van der Waals surface area contributed by atoms with Gasteiger partial charge in [0.15, 0.2) is 0 Å². The normalized spacial score (nSPS) is 21.0. The molecule has 7 nitrogen and oxygen atoms in total. The predicted molar refractivity (Wildman–Crippen MR) is 107 cm³/mol. The number of aryl methyl sites for hydroxylation is 1. The summed E-state index contributed by atoms with van der Waals surface area (Å²) < 4.78 is 0. The maximum atomic E-state index is 13.0. The molecule has 3 atom stereocenters. The topological polar surface area (TPSA) is 127 Å². The highest BCUT2D eigenvalue weighted by atomic mass is 16.2. The van der Waals surface area contributed by atoms with Crippen molar-refractivity contribution in [1.82, 2.24) is 10.2 Å². The van der Waals surface area contributed by atoms with Gasteiger partial charge in [-0.3, -0.25) is 9.59 Å². The molecular weight excluding hydrogens is 342 g/mol. The lowest BCUT2D eigenvalue weighted by molar-refractivity contribution is -0.135. The summed E-state index contributed by atoms with van der Waals surface area (Å²) in [5, 5.41) is 2.90. The van der Waals surface area contributed by atoms with Crippen LogP contribution in [0, 0.1) is 0 Å². The van der Waals surface area contributed by atoms with Gasteiger partial charge >= 0.3 is 0 Å². The van der Waals surface area contributed by atoms with E-state index in [2.05, 4.69) is 12.2 Å². The molecule has 0 bridgehead atoms. The van der Waals surface area contributed by atoms with Gasteiger partial charge < -0.3 is 27.4 Å². The Morgan fingerprint density at radius 1 is 1.15 bits per heavy atom. The lowest BCUT2D eigenvalue weighted by Gasteiger charge is -2.36. The number of hydrogen-bond donors (Lipinski definition) is 4. The molecule has 150 valence electrons. The van der Waals surface area contributed by atoms with Crippen LogP contribution in [0.15, 0.2) is 24.3 Å². The number of carbonyl (C=O) groups excluding carboxylic acids is 2. The van der Waals surface area contributed by atoms with E-state index in [0.717, 1.165) is 19.3 Å². The van der Waals surface area contributed by atoms with Crippen molar-refractivity contribution in [3.05, 3.63) is 35.4 Å². The lowest BCUT2D eigenvalue weighted by atomic mass is 10.00. The minimum absolute atomic E-state index is 0.115. The van der Waals surface area contributed by atoms with Gasteiger partial charge in [0.2, 0.25) is 5.91 Å². The van der Waals surface area contributed by atoms with Crippen molar-refractivity contribution in [3.63, 3.8) is 0 Å². The summed E-state index contributed by atoms with van der Waals surface area (Å²) in [6.07, 6.45) is 3.75. The first-order valence-corrected chi connectivity index (χ1v) is 9.84. The molecule has 0 aromatic heterocycles. The van der Waals surface area contributed by atoms with Crippen LogP contribution in [0.2, 0.25) is 0 Å². The number of unbranched alkanes of at least 4 members (excludes halogenated alkanes) is 1. The number of hydrogen-bond acceptors (Lipinski definition) is 5. The summed E-state index contributed by atoms with van der Waals surface area (Å²) >= 11 is 0. The average Bonchev–Trinajstić information content (AvgIpc) is 2.66. The van der Waals surface area contributed by atoms with Crippen LogP contribution in [0.4, 0.5) is 0 Å². The van der Waals surface area contributed by atoms with Crippen LogP contribution in [0.1, 0.15) is 48.5 Å². The van der Waals surface area contributed by atoms with Gasteiger partial charge in [0.1, 0.15) is 6.04 Å². The fourth-order valence-corrected chi connectivity index (χ4v) is 3.46. The predicted octanol–water partition coefficient (Wildman–Crippen LogP) is 0.363. The number of nitrogens with zero attached hydrogens (tertiary/aromatic N) is 1. The molecule has 2 amide bonds. The smallest absolute Gasteiger partial charge is 0.251 e. The first kappa shape index (κ1) is 21.3. The molecule has 27 heavy (non-hydrogen) atoms. The van der Waals surface area contributed by atoms with Gasteiger partial charge in [-0.2, -0.15) is 0 Å². The van der Waals surface area contributed by atoms with Crippen LogP contribution in [-0.2, 0) is 11.2 Å². The highest BCUT2D eigenvalue weighted by Gasteiger charge is 2.31. The van der Waals surface area contributed by atoms with E-state index < -0.39 is 6.04 Å². The Bertz CT molecular complexity index is 609. The highest BCUT2D eigenvalue weighted by Crippen LogP contribution is 2.13. The molecule has 1 aliphatic rings. The van der Waals surface area contributed by atoms with Crippen LogP contribution < -0.4 is 22.5 Å². The van der Waals surface area contributed by atoms with E-state index in [1.54, 1.807) is 17.0 Å². The highest BCUT2D eigenvalue weighted by molar-refractivity contribution is 5.97. The first-order chi connectivity index (χ1) is 12.9. The second kappa shape index (κ2) is 10.4. The van der Waals surface area contributed by atoms with Gasteiger partial charge in [-0.25, -0.2) is 0 Å². The van der Waals surface area contributed by atoms with Crippen molar-refractivity contribution in [1.29, 1.82) is 0 Å². The molecule has 7 N–H and O–H groups in total. The maximum Gasteiger partial charge on any atom is 0.251 e. The summed E-state index contributed by atoms with van der Waals surface area (Å²) in [6, 6.07) is 6.61. The third kappa shape index (κ3) is 6.30. The fraction of sp³-hybridized carbons (Fsp3) is 0.600.